The summed E-state index contributed by atoms with van der Waals surface area (Å²) in [7, 11) is 0. The first-order chi connectivity index (χ1) is 13.7. The molecule has 0 fully saturated rings. The summed E-state index contributed by atoms with van der Waals surface area (Å²) in [5.74, 6) is 5.07. The minimum Gasteiger partial charge on any atom is -0.428 e. The molecule has 29 heavy (non-hydrogen) atoms. The second kappa shape index (κ2) is 6.81. The van der Waals surface area contributed by atoms with Gasteiger partial charge in [0.25, 0.3) is 0 Å². The van der Waals surface area contributed by atoms with Gasteiger partial charge in [-0.2, -0.15) is 23.0 Å². The Hall–Kier alpha value is -3.00. The summed E-state index contributed by atoms with van der Waals surface area (Å²) in [6.45, 7) is 0. The number of aromatic nitrogens is 1. The molecule has 3 aromatic rings. The van der Waals surface area contributed by atoms with Gasteiger partial charge in [-0.25, -0.2) is 0 Å². The van der Waals surface area contributed by atoms with E-state index in [0.717, 1.165) is 16.9 Å². The van der Waals surface area contributed by atoms with Crippen molar-refractivity contribution in [3.05, 3.63) is 80.1 Å². The third-order valence-electron chi connectivity index (χ3n) is 5.21. The predicted octanol–water partition coefficient (Wildman–Crippen LogP) is 4.30. The van der Waals surface area contributed by atoms with E-state index in [1.165, 1.54) is 24.3 Å². The normalized spacial score (nSPS) is 18.2. The fraction of sp³-hybridized carbons (Fsp3) is 0.200. The molecule has 1 aromatic heterocycles. The van der Waals surface area contributed by atoms with Gasteiger partial charge in [0.05, 0.1) is 33.4 Å². The van der Waals surface area contributed by atoms with Gasteiger partial charge in [0.1, 0.15) is 0 Å². The summed E-state index contributed by atoms with van der Waals surface area (Å²) in [5.41, 5.74) is 0.171. The maximum absolute atomic E-state index is 13.1. The molecule has 0 bridgehead atoms. The molecule has 1 atom stereocenters. The Bertz CT molecular complexity index is 1220. The predicted molar refractivity (Wildman–Crippen MR) is 104 cm³/mol. The Morgan fingerprint density at radius 1 is 1.17 bits per heavy atom. The van der Waals surface area contributed by atoms with E-state index in [-0.39, 0.29) is 46.1 Å². The molecule has 0 amide bonds. The average molecular weight is 422 g/mol. The zero-order valence-corrected chi connectivity index (χ0v) is 15.6. The zero-order chi connectivity index (χ0) is 20.9. The molecule has 9 heteroatoms. The Morgan fingerprint density at radius 2 is 1.93 bits per heavy atom. The second-order valence-electron chi connectivity index (χ2n) is 6.93. The van der Waals surface area contributed by atoms with Crippen LogP contribution in [-0.4, -0.2) is 15.6 Å². The minimum atomic E-state index is -4.47. The van der Waals surface area contributed by atoms with E-state index >= 15 is 0 Å². The Labute approximate surface area is 167 Å². The van der Waals surface area contributed by atoms with Crippen molar-refractivity contribution in [2.75, 3.05) is 0 Å². The molecule has 1 aliphatic carbocycles. The standard InChI is InChI=1S/C20H15ClF3N3O2/c21-13-4-5-16-14(9-13)19(28)18-15(26-25)7-11(8-17(18)27(16)29)10-2-1-3-12(6-10)20(22,23)24/h1-6,9,11,29H,7-8,25H2/b26-15-. The van der Waals surface area contributed by atoms with E-state index < -0.39 is 17.7 Å². The number of alkyl halides is 3. The molecule has 2 aromatic carbocycles. The van der Waals surface area contributed by atoms with Crippen LogP contribution in [0.5, 0.6) is 0 Å². The van der Waals surface area contributed by atoms with Gasteiger partial charge in [-0.3, -0.25) is 4.79 Å². The molecular weight excluding hydrogens is 407 g/mol. The SMILES string of the molecule is N/N=C1/CC(c2cccc(C(F)(F)F)c2)Cc2c1c(=O)c1cc(Cl)ccc1n2O. The third-order valence-corrected chi connectivity index (χ3v) is 5.45. The largest absolute Gasteiger partial charge is 0.428 e. The minimum absolute atomic E-state index is 0.153. The smallest absolute Gasteiger partial charge is 0.416 e. The van der Waals surface area contributed by atoms with E-state index in [9.17, 15) is 23.2 Å². The molecule has 4 rings (SSSR count). The van der Waals surface area contributed by atoms with Gasteiger partial charge in [0.2, 0.25) is 0 Å². The molecule has 0 spiro atoms. The van der Waals surface area contributed by atoms with Gasteiger partial charge in [0, 0.05) is 5.02 Å². The van der Waals surface area contributed by atoms with Crippen LogP contribution in [0.1, 0.15) is 34.7 Å². The Morgan fingerprint density at radius 3 is 2.62 bits per heavy atom. The maximum atomic E-state index is 13.1. The Kier molecular flexibility index (Phi) is 4.53. The molecule has 3 N–H and O–H groups in total. The molecule has 5 nitrogen and oxygen atoms in total. The summed E-state index contributed by atoms with van der Waals surface area (Å²) < 4.78 is 40.2. The number of benzene rings is 2. The summed E-state index contributed by atoms with van der Waals surface area (Å²) in [4.78, 5) is 13.0. The number of nitrogens with zero attached hydrogens (tertiary/aromatic N) is 2. The number of hydrazone groups is 1. The quantitative estimate of drug-likeness (QED) is 0.349. The number of pyridine rings is 1. The highest BCUT2D eigenvalue weighted by Crippen LogP contribution is 2.36. The van der Waals surface area contributed by atoms with Crippen molar-refractivity contribution in [2.24, 2.45) is 10.9 Å². The van der Waals surface area contributed by atoms with E-state index in [4.69, 9.17) is 17.4 Å². The molecule has 1 aliphatic rings. The van der Waals surface area contributed by atoms with Gasteiger partial charge in [0.15, 0.2) is 5.43 Å². The lowest BCUT2D eigenvalue weighted by molar-refractivity contribution is -0.137. The number of rotatable bonds is 1. The summed E-state index contributed by atoms with van der Waals surface area (Å²) in [6.07, 6.45) is -4.14. The van der Waals surface area contributed by atoms with Gasteiger partial charge in [-0.15, -0.1) is 0 Å². The van der Waals surface area contributed by atoms with Crippen LogP contribution in [-0.2, 0) is 12.6 Å². The number of hydrogen-bond donors (Lipinski definition) is 2. The molecular formula is C20H15ClF3N3O2. The molecule has 0 radical (unpaired) electrons. The van der Waals surface area contributed by atoms with Crippen LogP contribution in [0.4, 0.5) is 13.2 Å². The first-order valence-corrected chi connectivity index (χ1v) is 9.09. The highest BCUT2D eigenvalue weighted by molar-refractivity contribution is 6.31. The highest BCUT2D eigenvalue weighted by Gasteiger charge is 2.34. The lowest BCUT2D eigenvalue weighted by Crippen LogP contribution is -2.31. The molecule has 1 heterocycles. The van der Waals surface area contributed by atoms with Crippen molar-refractivity contribution in [1.82, 2.24) is 4.73 Å². The van der Waals surface area contributed by atoms with Crippen molar-refractivity contribution in [3.8, 4) is 0 Å². The highest BCUT2D eigenvalue weighted by atomic mass is 35.5. The number of hydrogen-bond acceptors (Lipinski definition) is 4. The van der Waals surface area contributed by atoms with Gasteiger partial charge >= 0.3 is 6.18 Å². The first kappa shape index (κ1) is 19.3. The van der Waals surface area contributed by atoms with Crippen molar-refractivity contribution in [1.29, 1.82) is 0 Å². The van der Waals surface area contributed by atoms with Gasteiger partial charge in [-0.05, 0) is 48.6 Å². The van der Waals surface area contributed by atoms with Gasteiger partial charge < -0.3 is 11.0 Å². The van der Waals surface area contributed by atoms with Crippen molar-refractivity contribution < 1.29 is 18.4 Å². The second-order valence-corrected chi connectivity index (χ2v) is 7.36. The van der Waals surface area contributed by atoms with E-state index in [1.54, 1.807) is 6.07 Å². The zero-order valence-electron chi connectivity index (χ0n) is 14.9. The molecule has 0 saturated carbocycles. The van der Waals surface area contributed by atoms with E-state index in [0.29, 0.717) is 10.6 Å². The number of halogens is 4. The van der Waals surface area contributed by atoms with Crippen LogP contribution in [0.25, 0.3) is 10.9 Å². The van der Waals surface area contributed by atoms with Crippen molar-refractivity contribution >= 4 is 28.2 Å². The van der Waals surface area contributed by atoms with Crippen LogP contribution in [0, 0.1) is 0 Å². The topological polar surface area (TPSA) is 80.6 Å². The van der Waals surface area contributed by atoms with Crippen LogP contribution in [0.3, 0.4) is 0 Å². The molecule has 1 unspecified atom stereocenters. The molecule has 0 saturated heterocycles. The molecule has 150 valence electrons. The summed E-state index contributed by atoms with van der Waals surface area (Å²) in [6, 6.07) is 9.47. The fourth-order valence-corrected chi connectivity index (χ4v) is 4.01. The lowest BCUT2D eigenvalue weighted by atomic mass is 9.80. The monoisotopic (exact) mass is 421 g/mol. The summed E-state index contributed by atoms with van der Waals surface area (Å²) in [5, 5.41) is 15.0. The van der Waals surface area contributed by atoms with Crippen LogP contribution < -0.4 is 11.3 Å². The van der Waals surface area contributed by atoms with Crippen LogP contribution in [0.15, 0.2) is 52.4 Å². The van der Waals surface area contributed by atoms with E-state index in [1.807, 2.05) is 0 Å². The summed E-state index contributed by atoms with van der Waals surface area (Å²) >= 11 is 5.97. The Balaban J connectivity index is 1.89. The number of nitrogens with two attached hydrogens (primary N) is 1. The van der Waals surface area contributed by atoms with E-state index in [2.05, 4.69) is 5.10 Å². The van der Waals surface area contributed by atoms with Gasteiger partial charge in [-0.1, -0.05) is 29.8 Å². The maximum Gasteiger partial charge on any atom is 0.416 e. The van der Waals surface area contributed by atoms with Crippen molar-refractivity contribution in [2.45, 2.75) is 24.9 Å². The van der Waals surface area contributed by atoms with Crippen LogP contribution >= 0.6 is 11.6 Å². The number of fused-ring (bicyclic) bond motifs is 2. The lowest BCUT2D eigenvalue weighted by Gasteiger charge is -2.27. The molecule has 0 aliphatic heterocycles. The first-order valence-electron chi connectivity index (χ1n) is 8.71. The van der Waals surface area contributed by atoms with Crippen molar-refractivity contribution in [3.63, 3.8) is 0 Å². The van der Waals surface area contributed by atoms with Crippen LogP contribution in [0.2, 0.25) is 5.02 Å². The fourth-order valence-electron chi connectivity index (χ4n) is 3.84. The average Bonchev–Trinajstić information content (AvgIpc) is 2.70. The third kappa shape index (κ3) is 3.23.